The van der Waals surface area contributed by atoms with Crippen LogP contribution in [0.15, 0.2) is 30.3 Å². The molecule has 0 radical (unpaired) electrons. The number of hydrogen-bond donors (Lipinski definition) is 2. The third-order valence-electron chi connectivity index (χ3n) is 4.86. The lowest BCUT2D eigenvalue weighted by molar-refractivity contribution is -0.129. The first-order valence-corrected chi connectivity index (χ1v) is 9.21. The Labute approximate surface area is 151 Å². The van der Waals surface area contributed by atoms with Gasteiger partial charge in [0, 0.05) is 18.6 Å². The maximum absolute atomic E-state index is 12.5. The molecule has 1 aromatic rings. The quantitative estimate of drug-likeness (QED) is 0.719. The smallest absolute Gasteiger partial charge is 0.242 e. The van der Waals surface area contributed by atoms with E-state index >= 15 is 0 Å². The summed E-state index contributed by atoms with van der Waals surface area (Å²) < 4.78 is 0. The van der Waals surface area contributed by atoms with Gasteiger partial charge in [-0.1, -0.05) is 44.2 Å². The van der Waals surface area contributed by atoms with E-state index in [2.05, 4.69) is 29.5 Å². The summed E-state index contributed by atoms with van der Waals surface area (Å²) in [6, 6.07) is 10.0. The number of carbonyl (C=O) groups excluding carboxylic acids is 2. The van der Waals surface area contributed by atoms with Gasteiger partial charge in [0.2, 0.25) is 11.8 Å². The van der Waals surface area contributed by atoms with Gasteiger partial charge in [0.1, 0.15) is 6.04 Å². The molecule has 1 fully saturated rings. The van der Waals surface area contributed by atoms with Crippen molar-refractivity contribution in [1.29, 1.82) is 0 Å². The van der Waals surface area contributed by atoms with E-state index in [1.165, 1.54) is 12.8 Å². The van der Waals surface area contributed by atoms with Crippen molar-refractivity contribution in [3.63, 3.8) is 0 Å². The van der Waals surface area contributed by atoms with Crippen LogP contribution in [0, 0.1) is 5.92 Å². The van der Waals surface area contributed by atoms with Gasteiger partial charge in [-0.2, -0.15) is 0 Å². The molecule has 2 unspecified atom stereocenters. The van der Waals surface area contributed by atoms with Crippen molar-refractivity contribution in [3.05, 3.63) is 35.9 Å². The first-order chi connectivity index (χ1) is 11.9. The van der Waals surface area contributed by atoms with Gasteiger partial charge in [-0.15, -0.1) is 0 Å². The number of nitrogens with zero attached hydrogens (tertiary/aromatic N) is 1. The van der Waals surface area contributed by atoms with Crippen LogP contribution in [-0.2, 0) is 16.0 Å². The number of rotatable bonds is 9. The van der Waals surface area contributed by atoms with Crippen molar-refractivity contribution in [1.82, 2.24) is 15.5 Å². The molecule has 5 nitrogen and oxygen atoms in total. The number of nitrogens with one attached hydrogen (secondary N) is 2. The Kier molecular flexibility index (Phi) is 7.00. The van der Waals surface area contributed by atoms with E-state index in [-0.39, 0.29) is 24.2 Å². The van der Waals surface area contributed by atoms with Crippen LogP contribution in [0.25, 0.3) is 0 Å². The van der Waals surface area contributed by atoms with E-state index in [1.54, 1.807) is 0 Å². The molecule has 0 aliphatic heterocycles. The molecule has 2 atom stereocenters. The van der Waals surface area contributed by atoms with E-state index in [0.29, 0.717) is 18.6 Å². The first-order valence-electron chi connectivity index (χ1n) is 9.21. The maximum Gasteiger partial charge on any atom is 0.242 e. The highest BCUT2D eigenvalue weighted by Gasteiger charge is 2.30. The fourth-order valence-corrected chi connectivity index (χ4v) is 2.88. The lowest BCUT2D eigenvalue weighted by Crippen LogP contribution is -2.52. The summed E-state index contributed by atoms with van der Waals surface area (Å²) in [6.45, 7) is 6.63. The normalized spacial score (nSPS) is 16.6. The van der Waals surface area contributed by atoms with Crippen molar-refractivity contribution in [2.24, 2.45) is 5.92 Å². The number of hydrogen-bond acceptors (Lipinski definition) is 3. The average molecular weight is 345 g/mol. The second kappa shape index (κ2) is 8.99. The van der Waals surface area contributed by atoms with Crippen LogP contribution < -0.4 is 10.6 Å². The Morgan fingerprint density at radius 2 is 1.80 bits per heavy atom. The zero-order valence-corrected chi connectivity index (χ0v) is 15.8. The Balaban J connectivity index is 1.83. The zero-order chi connectivity index (χ0) is 18.4. The molecule has 2 N–H and O–H groups in total. The Bertz CT molecular complexity index is 570. The van der Waals surface area contributed by atoms with Gasteiger partial charge < -0.3 is 10.6 Å². The molecule has 5 heteroatoms. The minimum absolute atomic E-state index is 0.0381. The average Bonchev–Trinajstić information content (AvgIpc) is 3.42. The van der Waals surface area contributed by atoms with E-state index in [1.807, 2.05) is 44.2 Å². The number of benzene rings is 1. The first kappa shape index (κ1) is 19.4. The number of amides is 2. The van der Waals surface area contributed by atoms with Crippen LogP contribution in [-0.4, -0.2) is 48.4 Å². The highest BCUT2D eigenvalue weighted by Crippen LogP contribution is 2.26. The van der Waals surface area contributed by atoms with Gasteiger partial charge in [-0.05, 0) is 38.3 Å². The zero-order valence-electron chi connectivity index (χ0n) is 15.8. The Morgan fingerprint density at radius 1 is 1.16 bits per heavy atom. The van der Waals surface area contributed by atoms with Crippen molar-refractivity contribution < 1.29 is 9.59 Å². The molecule has 2 rings (SSSR count). The van der Waals surface area contributed by atoms with Crippen molar-refractivity contribution in [2.75, 3.05) is 13.6 Å². The fourth-order valence-electron chi connectivity index (χ4n) is 2.88. The van der Waals surface area contributed by atoms with E-state index < -0.39 is 6.04 Å². The molecule has 1 aliphatic rings. The predicted molar refractivity (Wildman–Crippen MR) is 100 cm³/mol. The van der Waals surface area contributed by atoms with Gasteiger partial charge in [0.05, 0.1) is 6.42 Å². The summed E-state index contributed by atoms with van der Waals surface area (Å²) in [4.78, 5) is 27.1. The Hall–Kier alpha value is -1.88. The van der Waals surface area contributed by atoms with E-state index in [0.717, 1.165) is 5.56 Å². The summed E-state index contributed by atoms with van der Waals surface area (Å²) in [5, 5.41) is 5.89. The molecular weight excluding hydrogens is 314 g/mol. The summed E-state index contributed by atoms with van der Waals surface area (Å²) in [6.07, 6.45) is 2.79. The molecule has 1 aromatic carbocycles. The van der Waals surface area contributed by atoms with Crippen LogP contribution >= 0.6 is 0 Å². The second-order valence-electron chi connectivity index (χ2n) is 7.44. The van der Waals surface area contributed by atoms with Gasteiger partial charge >= 0.3 is 0 Å². The summed E-state index contributed by atoms with van der Waals surface area (Å²) in [5.41, 5.74) is 0.947. The van der Waals surface area contributed by atoms with Crippen LogP contribution in [0.4, 0.5) is 0 Å². The summed E-state index contributed by atoms with van der Waals surface area (Å²) in [7, 11) is 2.11. The topological polar surface area (TPSA) is 61.4 Å². The minimum Gasteiger partial charge on any atom is -0.353 e. The second-order valence-corrected chi connectivity index (χ2v) is 7.44. The van der Waals surface area contributed by atoms with Crippen LogP contribution in [0.1, 0.15) is 39.2 Å². The van der Waals surface area contributed by atoms with Crippen molar-refractivity contribution in [3.8, 4) is 0 Å². The molecule has 2 amide bonds. The molecule has 0 spiro atoms. The van der Waals surface area contributed by atoms with Crippen LogP contribution in [0.2, 0.25) is 0 Å². The van der Waals surface area contributed by atoms with Crippen LogP contribution in [0.3, 0.4) is 0 Å². The molecule has 1 saturated carbocycles. The molecular formula is C20H31N3O2. The summed E-state index contributed by atoms with van der Waals surface area (Å²) >= 11 is 0. The highest BCUT2D eigenvalue weighted by molar-refractivity contribution is 5.88. The minimum atomic E-state index is -0.505. The third-order valence-corrected chi connectivity index (χ3v) is 4.86. The fraction of sp³-hybridized carbons (Fsp3) is 0.600. The standard InChI is InChI=1S/C20H31N3O2/c1-14(2)19(22-18(24)12-16-8-6-5-7-9-16)20(25)21-13-15(3)23(4)17-10-11-17/h5-9,14-15,17,19H,10-13H2,1-4H3,(H,21,25)(H,22,24). The molecule has 138 valence electrons. The molecule has 0 bridgehead atoms. The highest BCUT2D eigenvalue weighted by atomic mass is 16.2. The van der Waals surface area contributed by atoms with Gasteiger partial charge in [0.25, 0.3) is 0 Å². The lowest BCUT2D eigenvalue weighted by atomic mass is 10.0. The molecule has 1 aliphatic carbocycles. The van der Waals surface area contributed by atoms with E-state index in [4.69, 9.17) is 0 Å². The molecule has 0 saturated heterocycles. The monoisotopic (exact) mass is 345 g/mol. The number of carbonyl (C=O) groups is 2. The lowest BCUT2D eigenvalue weighted by Gasteiger charge is -2.27. The van der Waals surface area contributed by atoms with Crippen molar-refractivity contribution in [2.45, 2.75) is 58.2 Å². The predicted octanol–water partition coefficient (Wildman–Crippen LogP) is 1.97. The van der Waals surface area contributed by atoms with Crippen LogP contribution in [0.5, 0.6) is 0 Å². The van der Waals surface area contributed by atoms with E-state index in [9.17, 15) is 9.59 Å². The molecule has 25 heavy (non-hydrogen) atoms. The van der Waals surface area contributed by atoms with Gasteiger partial charge in [-0.25, -0.2) is 0 Å². The SMILES string of the molecule is CC(C)C(NC(=O)Cc1ccccc1)C(=O)NCC(C)N(C)C1CC1. The Morgan fingerprint density at radius 3 is 2.36 bits per heavy atom. The third kappa shape index (κ3) is 6.16. The molecule has 0 heterocycles. The maximum atomic E-state index is 12.5. The number of likely N-dealkylation sites (N-methyl/N-ethyl adjacent to an activating group) is 1. The molecule has 0 aromatic heterocycles. The van der Waals surface area contributed by atoms with Gasteiger partial charge in [-0.3, -0.25) is 14.5 Å². The van der Waals surface area contributed by atoms with Crippen molar-refractivity contribution >= 4 is 11.8 Å². The largest absolute Gasteiger partial charge is 0.353 e. The van der Waals surface area contributed by atoms with Gasteiger partial charge in [0.15, 0.2) is 0 Å². The summed E-state index contributed by atoms with van der Waals surface area (Å²) in [5.74, 6) is -0.188.